The van der Waals surface area contributed by atoms with Gasteiger partial charge in [0.25, 0.3) is 0 Å². The molecule has 6 atom stereocenters. The Morgan fingerprint density at radius 3 is 2.43 bits per heavy atom. The molecule has 0 spiro atoms. The van der Waals surface area contributed by atoms with Gasteiger partial charge < -0.3 is 29.8 Å². The number of carbonyl (C=O) groups is 2. The zero-order valence-corrected chi connectivity index (χ0v) is 27.2. The molecule has 1 aromatic heterocycles. The van der Waals surface area contributed by atoms with Gasteiger partial charge in [-0.25, -0.2) is 4.79 Å². The maximum Gasteiger partial charge on any atom is 0.408 e. The summed E-state index contributed by atoms with van der Waals surface area (Å²) in [6, 6.07) is 8.27. The summed E-state index contributed by atoms with van der Waals surface area (Å²) in [4.78, 5) is 31.4. The number of hydrogen-bond acceptors (Lipinski definition) is 5. The third kappa shape index (κ3) is 9.61. The van der Waals surface area contributed by atoms with E-state index in [0.717, 1.165) is 36.6 Å². The molecule has 1 aromatic carbocycles. The number of fused-ring (bicyclic) bond motifs is 1. The van der Waals surface area contributed by atoms with Gasteiger partial charge in [-0.05, 0) is 92.2 Å². The Labute approximate surface area is 256 Å². The number of aromatic nitrogens is 1. The third-order valence-corrected chi connectivity index (χ3v) is 8.96. The number of nitrogens with one attached hydrogen (secondary N) is 2. The lowest BCUT2D eigenvalue weighted by atomic mass is 9.72. The number of nitrogens with zero attached hydrogens (tertiary/aromatic N) is 1. The normalized spacial score (nSPS) is 18.0. The van der Waals surface area contributed by atoms with Gasteiger partial charge in [-0.1, -0.05) is 51.4 Å². The highest BCUT2D eigenvalue weighted by molar-refractivity contribution is 6.19. The van der Waals surface area contributed by atoms with Crippen molar-refractivity contribution >= 4 is 34.5 Å². The second-order valence-electron chi connectivity index (χ2n) is 12.7. The van der Waals surface area contributed by atoms with Crippen molar-refractivity contribution in [2.24, 2.45) is 23.7 Å². The number of alkyl halides is 1. The number of H-pyrrole nitrogens is 1. The molecular weight excluding hydrogens is 554 g/mol. The molecule has 2 unspecified atom stereocenters. The molecule has 9 heteroatoms. The van der Waals surface area contributed by atoms with Crippen molar-refractivity contribution in [2.45, 2.75) is 103 Å². The topological polar surface area (TPSA) is 104 Å². The molecule has 1 heterocycles. The van der Waals surface area contributed by atoms with Crippen LogP contribution in [0.4, 0.5) is 4.79 Å². The van der Waals surface area contributed by atoms with Gasteiger partial charge in [-0.3, -0.25) is 4.79 Å². The van der Waals surface area contributed by atoms with Gasteiger partial charge in [-0.2, -0.15) is 0 Å². The fraction of sp³-hybridized carbons (Fsp3) is 0.697. The second-order valence-corrected chi connectivity index (χ2v) is 13.4. The summed E-state index contributed by atoms with van der Waals surface area (Å²) in [5, 5.41) is 15.8. The first-order chi connectivity index (χ1) is 19.9. The van der Waals surface area contributed by atoms with Crippen LogP contribution in [0.3, 0.4) is 0 Å². The van der Waals surface area contributed by atoms with Crippen LogP contribution in [0.15, 0.2) is 30.5 Å². The molecule has 3 N–H and O–H groups in total. The molecule has 2 amide bonds. The van der Waals surface area contributed by atoms with E-state index in [0.29, 0.717) is 19.1 Å². The van der Waals surface area contributed by atoms with E-state index in [9.17, 15) is 14.7 Å². The molecule has 1 saturated carbocycles. The number of aliphatic hydroxyl groups is 1. The van der Waals surface area contributed by atoms with E-state index in [1.807, 2.05) is 32.0 Å². The van der Waals surface area contributed by atoms with Gasteiger partial charge in [0.1, 0.15) is 0 Å². The minimum absolute atomic E-state index is 0.0408. The van der Waals surface area contributed by atoms with Crippen LogP contribution in [0.5, 0.6) is 0 Å². The van der Waals surface area contributed by atoms with E-state index in [2.05, 4.69) is 48.4 Å². The van der Waals surface area contributed by atoms with Crippen molar-refractivity contribution < 1.29 is 24.2 Å². The first kappa shape index (κ1) is 34.2. The van der Waals surface area contributed by atoms with Gasteiger partial charge >= 0.3 is 6.09 Å². The van der Waals surface area contributed by atoms with Crippen molar-refractivity contribution in [2.75, 3.05) is 20.8 Å². The number of benzene rings is 1. The molecule has 1 fully saturated rings. The zero-order valence-electron chi connectivity index (χ0n) is 26.4. The Hall–Kier alpha value is -2.29. The van der Waals surface area contributed by atoms with Gasteiger partial charge in [0.2, 0.25) is 5.91 Å². The van der Waals surface area contributed by atoms with Crippen molar-refractivity contribution in [3.8, 4) is 0 Å². The summed E-state index contributed by atoms with van der Waals surface area (Å²) >= 11 is 5.96. The number of halogens is 1. The van der Waals surface area contributed by atoms with Crippen LogP contribution in [0.1, 0.15) is 84.6 Å². The van der Waals surface area contributed by atoms with Gasteiger partial charge in [0.15, 0.2) is 5.56 Å². The van der Waals surface area contributed by atoms with Gasteiger partial charge in [-0.15, -0.1) is 0 Å². The Morgan fingerprint density at radius 1 is 1.12 bits per heavy atom. The molecule has 1 aliphatic rings. The Bertz CT molecular complexity index is 1130. The monoisotopic (exact) mass is 605 g/mol. The minimum Gasteiger partial charge on any atom is -0.430 e. The predicted molar refractivity (Wildman–Crippen MR) is 169 cm³/mol. The summed E-state index contributed by atoms with van der Waals surface area (Å²) in [7, 11) is 3.57. The molecule has 0 saturated heterocycles. The number of aliphatic hydroxyl groups excluding tert-OH is 1. The van der Waals surface area contributed by atoms with E-state index >= 15 is 0 Å². The van der Waals surface area contributed by atoms with Gasteiger partial charge in [0.05, 0.1) is 12.1 Å². The fourth-order valence-electron chi connectivity index (χ4n) is 6.20. The number of hydrogen-bond donors (Lipinski definition) is 3. The van der Waals surface area contributed by atoms with E-state index in [4.69, 9.17) is 21.1 Å². The van der Waals surface area contributed by atoms with Crippen molar-refractivity contribution in [3.63, 3.8) is 0 Å². The molecular formula is C33H52ClN3O5. The Balaban J connectivity index is 1.91. The quantitative estimate of drug-likeness (QED) is 0.138. The van der Waals surface area contributed by atoms with E-state index in [1.54, 1.807) is 14.0 Å². The van der Waals surface area contributed by atoms with Crippen LogP contribution in [0.25, 0.3) is 10.9 Å². The summed E-state index contributed by atoms with van der Waals surface area (Å²) in [5.74, 6) is 0.266. The highest BCUT2D eigenvalue weighted by Crippen LogP contribution is 2.39. The lowest BCUT2D eigenvalue weighted by Gasteiger charge is -2.37. The van der Waals surface area contributed by atoms with Gasteiger partial charge in [0, 0.05) is 44.4 Å². The van der Waals surface area contributed by atoms with Crippen LogP contribution in [-0.4, -0.2) is 71.5 Å². The average molecular weight is 606 g/mol. The second kappa shape index (κ2) is 16.0. The fourth-order valence-corrected chi connectivity index (χ4v) is 6.28. The molecule has 3 rings (SSSR count). The number of methoxy groups -OCH3 is 1. The minimum atomic E-state index is -0.945. The molecule has 42 heavy (non-hydrogen) atoms. The molecule has 0 bridgehead atoms. The first-order valence-electron chi connectivity index (χ1n) is 15.5. The van der Waals surface area contributed by atoms with Crippen LogP contribution >= 0.6 is 11.6 Å². The van der Waals surface area contributed by atoms with Crippen LogP contribution in [0.2, 0.25) is 0 Å². The highest BCUT2D eigenvalue weighted by Gasteiger charge is 2.38. The van der Waals surface area contributed by atoms with Crippen molar-refractivity contribution in [1.29, 1.82) is 0 Å². The van der Waals surface area contributed by atoms with Crippen molar-refractivity contribution in [1.82, 2.24) is 15.2 Å². The van der Waals surface area contributed by atoms with E-state index in [-0.39, 0.29) is 41.9 Å². The molecule has 0 aliphatic heterocycles. The maximum atomic E-state index is 13.4. The predicted octanol–water partition coefficient (Wildman–Crippen LogP) is 6.66. The number of rotatable bonds is 17. The average Bonchev–Trinajstić information content (AvgIpc) is 3.67. The molecule has 8 nitrogen and oxygen atoms in total. The van der Waals surface area contributed by atoms with E-state index in [1.165, 1.54) is 5.56 Å². The van der Waals surface area contributed by atoms with Crippen molar-refractivity contribution in [3.05, 3.63) is 36.0 Å². The summed E-state index contributed by atoms with van der Waals surface area (Å²) < 4.78 is 10.6. The number of ether oxygens (including phenoxy) is 2. The number of alkyl carbamates (subject to hydrolysis) is 1. The largest absolute Gasteiger partial charge is 0.430 e. The number of amides is 2. The smallest absolute Gasteiger partial charge is 0.408 e. The van der Waals surface area contributed by atoms with Crippen LogP contribution < -0.4 is 5.32 Å². The number of carbonyl (C=O) groups excluding carboxylic acids is 2. The Morgan fingerprint density at radius 2 is 1.83 bits per heavy atom. The van der Waals surface area contributed by atoms with Crippen LogP contribution in [0, 0.1) is 23.7 Å². The third-order valence-electron chi connectivity index (χ3n) is 8.87. The SMILES string of the molecule is COCCC[C@H](c1ccc2cc[nH]c2c1)C(C[C@H](NC(=O)OC(C)Cl)[C@@H](O)C[C@H](C(=O)N(C)C1CC1)C(C)C)C(C)C. The zero-order chi connectivity index (χ0) is 31.0. The Kier molecular flexibility index (Phi) is 13.0. The lowest BCUT2D eigenvalue weighted by Crippen LogP contribution is -2.48. The van der Waals surface area contributed by atoms with Crippen LogP contribution in [-0.2, 0) is 14.3 Å². The first-order valence-corrected chi connectivity index (χ1v) is 16.0. The summed E-state index contributed by atoms with van der Waals surface area (Å²) in [5.41, 5.74) is 1.49. The molecule has 2 aromatic rings. The van der Waals surface area contributed by atoms with E-state index < -0.39 is 23.8 Å². The highest BCUT2D eigenvalue weighted by atomic mass is 35.5. The molecule has 1 aliphatic carbocycles. The maximum absolute atomic E-state index is 13.4. The molecule has 0 radical (unpaired) electrons. The number of aromatic amines is 1. The molecule has 236 valence electrons. The summed E-state index contributed by atoms with van der Waals surface area (Å²) in [6.45, 7) is 10.6. The lowest BCUT2D eigenvalue weighted by molar-refractivity contribution is -0.137. The standard InChI is InChI=1S/C33H52ClN3O5/c1-20(2)27(26(9-8-16-41-7)24-11-10-23-14-15-35-29(23)17-24)18-30(36-33(40)42-22(5)34)31(38)19-28(21(3)4)32(39)37(6)25-12-13-25/h10-11,14-15,17,20-22,25-28,30-31,35,38H,8-9,12-13,16,18-19H2,1-7H3,(H,36,40)/t22?,26-,27?,28+,30+,31+/m1/s1. The summed E-state index contributed by atoms with van der Waals surface area (Å²) in [6.07, 6.45) is 4.93.